The number of hydrogen-bond donors (Lipinski definition) is 0. The molecule has 0 spiro atoms. The van der Waals surface area contributed by atoms with Crippen molar-refractivity contribution in [3.63, 3.8) is 0 Å². The summed E-state index contributed by atoms with van der Waals surface area (Å²) in [7, 11) is 3.10. The van der Waals surface area contributed by atoms with E-state index in [0.717, 1.165) is 31.7 Å². The first-order chi connectivity index (χ1) is 14.1. The molecule has 0 aromatic heterocycles. The zero-order valence-electron chi connectivity index (χ0n) is 17.3. The molecular weight excluding hydrogens is 407 g/mol. The summed E-state index contributed by atoms with van der Waals surface area (Å²) in [5, 5.41) is 0. The minimum absolute atomic E-state index is 0. The fourth-order valence-corrected chi connectivity index (χ4v) is 4.61. The van der Waals surface area contributed by atoms with Crippen LogP contribution in [0.3, 0.4) is 0 Å². The Kier molecular flexibility index (Phi) is 7.21. The van der Waals surface area contributed by atoms with Gasteiger partial charge in [-0.1, -0.05) is 12.1 Å². The van der Waals surface area contributed by atoms with Crippen molar-refractivity contribution in [3.05, 3.63) is 59.4 Å². The monoisotopic (exact) mass is 434 g/mol. The van der Waals surface area contributed by atoms with Gasteiger partial charge in [0.1, 0.15) is 5.75 Å². The zero-order chi connectivity index (χ0) is 20.4. The van der Waals surface area contributed by atoms with Crippen molar-refractivity contribution in [2.45, 2.75) is 25.4 Å². The van der Waals surface area contributed by atoms with Gasteiger partial charge in [-0.3, -0.25) is 9.69 Å². The third-order valence-corrected chi connectivity index (χ3v) is 6.16. The van der Waals surface area contributed by atoms with Crippen molar-refractivity contribution in [1.82, 2.24) is 9.80 Å². The minimum atomic E-state index is -0.290. The third kappa shape index (κ3) is 4.40. The van der Waals surface area contributed by atoms with Gasteiger partial charge >= 0.3 is 0 Å². The molecule has 7 heteroatoms. The van der Waals surface area contributed by atoms with E-state index in [1.54, 1.807) is 13.2 Å². The van der Waals surface area contributed by atoms with Gasteiger partial charge in [-0.05, 0) is 55.6 Å². The van der Waals surface area contributed by atoms with Crippen LogP contribution in [0.15, 0.2) is 42.5 Å². The summed E-state index contributed by atoms with van der Waals surface area (Å²) < 4.78 is 24.9. The molecule has 2 fully saturated rings. The number of carbonyl (C=O) groups excluding carboxylic acids is 1. The van der Waals surface area contributed by atoms with E-state index in [4.69, 9.17) is 9.47 Å². The second-order valence-electron chi connectivity index (χ2n) is 7.81. The third-order valence-electron chi connectivity index (χ3n) is 6.16. The number of halogens is 2. The number of likely N-dealkylation sites (tertiary alicyclic amines) is 2. The molecule has 2 aromatic carbocycles. The maximum Gasteiger partial charge on any atom is 0.253 e. The van der Waals surface area contributed by atoms with E-state index in [1.807, 2.05) is 41.3 Å². The fraction of sp³-hybridized carbons (Fsp3) is 0.435. The summed E-state index contributed by atoms with van der Waals surface area (Å²) in [4.78, 5) is 17.3. The molecule has 5 nitrogen and oxygen atoms in total. The van der Waals surface area contributed by atoms with Crippen LogP contribution < -0.4 is 9.47 Å². The molecule has 1 amide bonds. The van der Waals surface area contributed by atoms with Crippen LogP contribution in [0.1, 0.15) is 28.8 Å². The van der Waals surface area contributed by atoms with Gasteiger partial charge in [-0.2, -0.15) is 0 Å². The largest absolute Gasteiger partial charge is 0.497 e. The van der Waals surface area contributed by atoms with Gasteiger partial charge in [0.15, 0.2) is 11.6 Å². The van der Waals surface area contributed by atoms with E-state index in [-0.39, 0.29) is 35.9 Å². The predicted molar refractivity (Wildman–Crippen MR) is 116 cm³/mol. The molecule has 2 aliphatic heterocycles. The zero-order valence-corrected chi connectivity index (χ0v) is 18.2. The lowest BCUT2D eigenvalue weighted by molar-refractivity contribution is 0.0774. The molecule has 0 aliphatic carbocycles. The van der Waals surface area contributed by atoms with Crippen molar-refractivity contribution in [2.75, 3.05) is 33.9 Å². The Bertz CT molecular complexity index is 877. The maximum atomic E-state index is 14.6. The number of rotatable bonds is 5. The van der Waals surface area contributed by atoms with Crippen molar-refractivity contribution in [3.8, 4) is 11.5 Å². The van der Waals surface area contributed by atoms with Gasteiger partial charge in [-0.25, -0.2) is 4.39 Å². The highest BCUT2D eigenvalue weighted by molar-refractivity contribution is 5.94. The van der Waals surface area contributed by atoms with Crippen molar-refractivity contribution < 1.29 is 18.7 Å². The van der Waals surface area contributed by atoms with Gasteiger partial charge in [0.25, 0.3) is 5.91 Å². The van der Waals surface area contributed by atoms with Crippen LogP contribution in [-0.2, 0) is 6.54 Å². The van der Waals surface area contributed by atoms with Crippen LogP contribution in [0.4, 0.5) is 4.39 Å². The van der Waals surface area contributed by atoms with Crippen molar-refractivity contribution in [1.29, 1.82) is 0 Å². The topological polar surface area (TPSA) is 42.0 Å². The Labute approximate surface area is 183 Å². The molecule has 2 saturated heterocycles. The molecule has 0 unspecified atom stereocenters. The number of ether oxygens (including phenoxy) is 2. The molecule has 162 valence electrons. The standard InChI is InChI=1S/C23H27FN2O3.ClH/c1-28-19-10-8-16(9-11-19)23(27)26-13-17-6-4-12-25(20(17)15-26)14-18-5-3-7-21(29-2)22(18)24;/h3,5,7-11,17,20H,4,6,12-15H2,1-2H3;1H/t17-,20+;/m1./s1. The first kappa shape index (κ1) is 22.4. The number of nitrogens with zero attached hydrogens (tertiary/aromatic N) is 2. The van der Waals surface area contributed by atoms with E-state index in [1.165, 1.54) is 7.11 Å². The molecule has 2 atom stereocenters. The van der Waals surface area contributed by atoms with E-state index in [2.05, 4.69) is 4.90 Å². The van der Waals surface area contributed by atoms with Crippen molar-refractivity contribution in [2.24, 2.45) is 5.92 Å². The van der Waals surface area contributed by atoms with Gasteiger partial charge in [-0.15, -0.1) is 12.4 Å². The highest BCUT2D eigenvalue weighted by Gasteiger charge is 2.41. The van der Waals surface area contributed by atoms with E-state index in [9.17, 15) is 9.18 Å². The lowest BCUT2D eigenvalue weighted by atomic mass is 9.91. The van der Waals surface area contributed by atoms with Gasteiger partial charge in [0.05, 0.1) is 14.2 Å². The Morgan fingerprint density at radius 2 is 1.87 bits per heavy atom. The van der Waals surface area contributed by atoms with Gasteiger partial charge in [0.2, 0.25) is 0 Å². The Hall–Kier alpha value is -2.31. The number of piperidine rings is 1. The van der Waals surface area contributed by atoms with E-state index in [0.29, 0.717) is 30.1 Å². The molecule has 0 radical (unpaired) electrons. The summed E-state index contributed by atoms with van der Waals surface area (Å²) in [5.41, 5.74) is 1.32. The fourth-order valence-electron chi connectivity index (χ4n) is 4.61. The average molecular weight is 435 g/mol. The van der Waals surface area contributed by atoms with Crippen LogP contribution in [0, 0.1) is 11.7 Å². The summed E-state index contributed by atoms with van der Waals surface area (Å²) in [6.45, 7) is 2.89. The molecule has 30 heavy (non-hydrogen) atoms. The van der Waals surface area contributed by atoms with Crippen LogP contribution in [-0.4, -0.2) is 55.6 Å². The average Bonchev–Trinajstić information content (AvgIpc) is 3.20. The summed E-state index contributed by atoms with van der Waals surface area (Å²) in [6, 6.07) is 12.8. The predicted octanol–water partition coefficient (Wildman–Crippen LogP) is 4.00. The number of amides is 1. The van der Waals surface area contributed by atoms with Crippen LogP contribution in [0.25, 0.3) is 0 Å². The van der Waals surface area contributed by atoms with Crippen LogP contribution in [0.5, 0.6) is 11.5 Å². The Balaban J connectivity index is 0.00000256. The number of hydrogen-bond acceptors (Lipinski definition) is 4. The number of fused-ring (bicyclic) bond motifs is 1. The highest BCUT2D eigenvalue weighted by Crippen LogP contribution is 2.33. The maximum absolute atomic E-state index is 14.6. The molecule has 2 aromatic rings. The molecule has 2 heterocycles. The lowest BCUT2D eigenvalue weighted by Gasteiger charge is -2.36. The first-order valence-electron chi connectivity index (χ1n) is 10.1. The van der Waals surface area contributed by atoms with Gasteiger partial charge in [0, 0.05) is 36.8 Å². The molecule has 0 N–H and O–H groups in total. The smallest absolute Gasteiger partial charge is 0.253 e. The summed E-state index contributed by atoms with van der Waals surface area (Å²) >= 11 is 0. The minimum Gasteiger partial charge on any atom is -0.497 e. The second-order valence-corrected chi connectivity index (χ2v) is 7.81. The highest BCUT2D eigenvalue weighted by atomic mass is 35.5. The molecule has 0 saturated carbocycles. The van der Waals surface area contributed by atoms with Crippen LogP contribution >= 0.6 is 12.4 Å². The normalized spacial score (nSPS) is 21.0. The summed E-state index contributed by atoms with van der Waals surface area (Å²) in [6.07, 6.45) is 2.17. The Morgan fingerprint density at radius 3 is 2.57 bits per heavy atom. The van der Waals surface area contributed by atoms with E-state index < -0.39 is 0 Å². The first-order valence-corrected chi connectivity index (χ1v) is 10.1. The molecule has 0 bridgehead atoms. The molecular formula is C23H28ClFN2O3. The van der Waals surface area contributed by atoms with Gasteiger partial charge < -0.3 is 14.4 Å². The van der Waals surface area contributed by atoms with Crippen LogP contribution in [0.2, 0.25) is 0 Å². The molecule has 4 rings (SSSR count). The number of benzene rings is 2. The van der Waals surface area contributed by atoms with E-state index >= 15 is 0 Å². The number of methoxy groups -OCH3 is 2. The van der Waals surface area contributed by atoms with Crippen molar-refractivity contribution >= 4 is 18.3 Å². The number of carbonyl (C=O) groups is 1. The summed E-state index contributed by atoms with van der Waals surface area (Å²) in [5.74, 6) is 1.21. The quantitative estimate of drug-likeness (QED) is 0.713. The second kappa shape index (κ2) is 9.67. The lowest BCUT2D eigenvalue weighted by Crippen LogP contribution is -2.44. The molecule has 2 aliphatic rings. The SMILES string of the molecule is COc1ccc(C(=O)N2C[C@H]3CCCN(Cc4cccc(OC)c4F)[C@H]3C2)cc1.Cl. The Morgan fingerprint density at radius 1 is 1.10 bits per heavy atom.